The second-order valence-corrected chi connectivity index (χ2v) is 8.69. The van der Waals surface area contributed by atoms with Crippen LogP contribution < -0.4 is 0 Å². The molecule has 138 valence electrons. The van der Waals surface area contributed by atoms with Crippen LogP contribution in [0.15, 0.2) is 0 Å². The average Bonchev–Trinajstić information content (AvgIpc) is 2.57. The normalized spacial score (nSPS) is 18.9. The summed E-state index contributed by atoms with van der Waals surface area (Å²) >= 11 is 0. The maximum absolute atomic E-state index is 2.53. The van der Waals surface area contributed by atoms with Crippen LogP contribution in [0.2, 0.25) is 0 Å². The SMILES string of the molecule is CCCCCCCCCCCCC(C)CC(C)C1CCCCC1. The molecule has 0 spiro atoms. The van der Waals surface area contributed by atoms with Crippen molar-refractivity contribution in [2.45, 2.75) is 130 Å². The van der Waals surface area contributed by atoms with E-state index in [1.165, 1.54) is 109 Å². The van der Waals surface area contributed by atoms with Crippen LogP contribution in [0.4, 0.5) is 0 Å². The molecule has 1 saturated carbocycles. The number of hydrogen-bond acceptors (Lipinski definition) is 0. The number of hydrogen-bond donors (Lipinski definition) is 0. The third-order valence-electron chi connectivity index (χ3n) is 6.28. The highest BCUT2D eigenvalue weighted by atomic mass is 14.3. The first-order valence-electron chi connectivity index (χ1n) is 11.2. The van der Waals surface area contributed by atoms with E-state index >= 15 is 0 Å². The fourth-order valence-corrected chi connectivity index (χ4v) is 4.63. The fraction of sp³-hybridized carbons (Fsp3) is 1.00. The summed E-state index contributed by atoms with van der Waals surface area (Å²) in [5.74, 6) is 2.99. The Kier molecular flexibility index (Phi) is 13.1. The van der Waals surface area contributed by atoms with Gasteiger partial charge in [-0.25, -0.2) is 0 Å². The van der Waals surface area contributed by atoms with E-state index in [0.29, 0.717) is 0 Å². The predicted octanol–water partition coefficient (Wildman–Crippen LogP) is 8.54. The van der Waals surface area contributed by atoms with Crippen molar-refractivity contribution in [1.29, 1.82) is 0 Å². The Bertz CT molecular complexity index is 238. The van der Waals surface area contributed by atoms with Gasteiger partial charge >= 0.3 is 0 Å². The van der Waals surface area contributed by atoms with Gasteiger partial charge in [0.2, 0.25) is 0 Å². The van der Waals surface area contributed by atoms with Gasteiger partial charge in [0.05, 0.1) is 0 Å². The van der Waals surface area contributed by atoms with Crippen LogP contribution in [0.5, 0.6) is 0 Å². The molecule has 0 radical (unpaired) electrons. The van der Waals surface area contributed by atoms with Gasteiger partial charge in [-0.2, -0.15) is 0 Å². The van der Waals surface area contributed by atoms with Crippen LogP contribution in [-0.4, -0.2) is 0 Å². The molecule has 0 nitrogen and oxygen atoms in total. The van der Waals surface area contributed by atoms with Gasteiger partial charge < -0.3 is 0 Å². The molecule has 1 rings (SSSR count). The standard InChI is InChI=1S/C23H46/c1-4-5-6-7-8-9-10-11-12-14-17-21(2)20-22(3)23-18-15-13-16-19-23/h21-23H,4-20H2,1-3H3. The van der Waals surface area contributed by atoms with E-state index in [9.17, 15) is 0 Å². The van der Waals surface area contributed by atoms with Crippen LogP contribution in [0.3, 0.4) is 0 Å². The zero-order valence-corrected chi connectivity index (χ0v) is 16.8. The highest BCUT2D eigenvalue weighted by molar-refractivity contribution is 4.73. The fourth-order valence-electron chi connectivity index (χ4n) is 4.63. The summed E-state index contributed by atoms with van der Waals surface area (Å²) < 4.78 is 0. The summed E-state index contributed by atoms with van der Waals surface area (Å²) in [7, 11) is 0. The van der Waals surface area contributed by atoms with Gasteiger partial charge in [-0.3, -0.25) is 0 Å². The Morgan fingerprint density at radius 2 is 1.22 bits per heavy atom. The average molecular weight is 323 g/mol. The summed E-state index contributed by atoms with van der Waals surface area (Å²) in [4.78, 5) is 0. The molecule has 0 aromatic heterocycles. The number of unbranched alkanes of at least 4 members (excludes halogenated alkanes) is 9. The minimum absolute atomic E-state index is 0.959. The van der Waals surface area contributed by atoms with E-state index in [-0.39, 0.29) is 0 Å². The van der Waals surface area contributed by atoms with Gasteiger partial charge in [0, 0.05) is 0 Å². The maximum Gasteiger partial charge on any atom is -0.0388 e. The maximum atomic E-state index is 2.53. The first-order valence-corrected chi connectivity index (χ1v) is 11.2. The van der Waals surface area contributed by atoms with Crippen molar-refractivity contribution in [3.63, 3.8) is 0 Å². The second kappa shape index (κ2) is 14.4. The third kappa shape index (κ3) is 11.2. The van der Waals surface area contributed by atoms with Crippen molar-refractivity contribution >= 4 is 0 Å². The first kappa shape index (κ1) is 21.0. The molecule has 0 bridgehead atoms. The van der Waals surface area contributed by atoms with E-state index in [0.717, 1.165) is 17.8 Å². The van der Waals surface area contributed by atoms with E-state index in [4.69, 9.17) is 0 Å². The van der Waals surface area contributed by atoms with Crippen molar-refractivity contribution < 1.29 is 0 Å². The minimum Gasteiger partial charge on any atom is -0.0654 e. The van der Waals surface area contributed by atoms with Crippen molar-refractivity contribution in [2.75, 3.05) is 0 Å². The molecular formula is C23H46. The van der Waals surface area contributed by atoms with Gasteiger partial charge in [-0.1, -0.05) is 124 Å². The summed E-state index contributed by atoms with van der Waals surface area (Å²) in [6, 6.07) is 0. The third-order valence-corrected chi connectivity index (χ3v) is 6.28. The quantitative estimate of drug-likeness (QED) is 0.281. The van der Waals surface area contributed by atoms with E-state index in [2.05, 4.69) is 20.8 Å². The van der Waals surface area contributed by atoms with Crippen molar-refractivity contribution in [3.8, 4) is 0 Å². The lowest BCUT2D eigenvalue weighted by molar-refractivity contribution is 0.225. The van der Waals surface area contributed by atoms with Crippen molar-refractivity contribution in [1.82, 2.24) is 0 Å². The highest BCUT2D eigenvalue weighted by Crippen LogP contribution is 2.33. The van der Waals surface area contributed by atoms with Gasteiger partial charge in [-0.05, 0) is 24.2 Å². The Hall–Kier alpha value is 0. The van der Waals surface area contributed by atoms with Crippen LogP contribution >= 0.6 is 0 Å². The summed E-state index contributed by atoms with van der Waals surface area (Å²) in [6.45, 7) is 7.34. The lowest BCUT2D eigenvalue weighted by Crippen LogP contribution is -2.17. The number of rotatable bonds is 14. The Labute approximate surface area is 148 Å². The molecule has 0 N–H and O–H groups in total. The van der Waals surface area contributed by atoms with Crippen LogP contribution in [0.1, 0.15) is 130 Å². The van der Waals surface area contributed by atoms with Crippen LogP contribution in [-0.2, 0) is 0 Å². The zero-order valence-electron chi connectivity index (χ0n) is 16.8. The molecule has 0 aromatic carbocycles. The van der Waals surface area contributed by atoms with Crippen molar-refractivity contribution in [3.05, 3.63) is 0 Å². The highest BCUT2D eigenvalue weighted by Gasteiger charge is 2.21. The lowest BCUT2D eigenvalue weighted by Gasteiger charge is -2.29. The second-order valence-electron chi connectivity index (χ2n) is 8.69. The van der Waals surface area contributed by atoms with E-state index in [1.807, 2.05) is 0 Å². The smallest absolute Gasteiger partial charge is 0.0388 e. The van der Waals surface area contributed by atoms with Crippen LogP contribution in [0, 0.1) is 17.8 Å². The molecule has 1 aliphatic rings. The molecule has 0 heterocycles. The van der Waals surface area contributed by atoms with E-state index in [1.54, 1.807) is 0 Å². The van der Waals surface area contributed by atoms with E-state index < -0.39 is 0 Å². The van der Waals surface area contributed by atoms with Crippen LogP contribution in [0.25, 0.3) is 0 Å². The summed E-state index contributed by atoms with van der Waals surface area (Å²) in [5.41, 5.74) is 0. The molecule has 1 fully saturated rings. The molecule has 23 heavy (non-hydrogen) atoms. The van der Waals surface area contributed by atoms with Crippen molar-refractivity contribution in [2.24, 2.45) is 17.8 Å². The van der Waals surface area contributed by atoms with Gasteiger partial charge in [-0.15, -0.1) is 0 Å². The Balaban J connectivity index is 1.88. The van der Waals surface area contributed by atoms with Gasteiger partial charge in [0.25, 0.3) is 0 Å². The molecule has 0 amide bonds. The predicted molar refractivity (Wildman–Crippen MR) is 106 cm³/mol. The summed E-state index contributed by atoms with van der Waals surface area (Å²) in [5, 5.41) is 0. The zero-order chi connectivity index (χ0) is 16.8. The Morgan fingerprint density at radius 1 is 0.696 bits per heavy atom. The Morgan fingerprint density at radius 3 is 1.78 bits per heavy atom. The van der Waals surface area contributed by atoms with Gasteiger partial charge in [0.15, 0.2) is 0 Å². The summed E-state index contributed by atoms with van der Waals surface area (Å²) in [6.07, 6.45) is 25.2. The topological polar surface area (TPSA) is 0 Å². The molecule has 0 saturated heterocycles. The first-order chi connectivity index (χ1) is 11.2. The molecule has 0 aliphatic heterocycles. The largest absolute Gasteiger partial charge is 0.0654 e. The molecule has 0 heteroatoms. The monoisotopic (exact) mass is 322 g/mol. The molecule has 2 atom stereocenters. The minimum atomic E-state index is 0.959. The lowest BCUT2D eigenvalue weighted by atomic mass is 9.77. The molecular weight excluding hydrogens is 276 g/mol. The van der Waals surface area contributed by atoms with Gasteiger partial charge in [0.1, 0.15) is 0 Å². The molecule has 2 unspecified atom stereocenters. The molecule has 1 aliphatic carbocycles. The molecule has 0 aromatic rings.